The molecule has 0 radical (unpaired) electrons. The van der Waals surface area contributed by atoms with E-state index in [0.717, 1.165) is 10.9 Å². The molecule has 2 heterocycles. The molecule has 4 rings (SSSR count). The van der Waals surface area contributed by atoms with Gasteiger partial charge in [0, 0.05) is 36.1 Å². The van der Waals surface area contributed by atoms with E-state index in [1.807, 2.05) is 54.2 Å². The van der Waals surface area contributed by atoms with Gasteiger partial charge in [0.05, 0.1) is 0 Å². The topological polar surface area (TPSA) is 52.5 Å². The van der Waals surface area contributed by atoms with E-state index in [0.29, 0.717) is 36.0 Å². The molecule has 2 aromatic carbocycles. The molecule has 116 valence electrons. The first-order valence-electron chi connectivity index (χ1n) is 7.47. The van der Waals surface area contributed by atoms with Crippen molar-refractivity contribution in [3.63, 3.8) is 0 Å². The third-order valence-corrected chi connectivity index (χ3v) is 3.95. The highest BCUT2D eigenvalue weighted by atomic mass is 16.6. The van der Waals surface area contributed by atoms with E-state index in [-0.39, 0.29) is 5.91 Å². The summed E-state index contributed by atoms with van der Waals surface area (Å²) in [6.07, 6.45) is 1.98. The highest BCUT2D eigenvalue weighted by molar-refractivity contribution is 6.06. The van der Waals surface area contributed by atoms with Crippen LogP contribution in [0.15, 0.2) is 48.7 Å². The predicted octanol–water partition coefficient (Wildman–Crippen LogP) is 3.20. The number of ether oxygens (including phenoxy) is 2. The van der Waals surface area contributed by atoms with Gasteiger partial charge in [-0.05, 0) is 35.7 Å². The largest absolute Gasteiger partial charge is 0.486 e. The van der Waals surface area contributed by atoms with E-state index in [9.17, 15) is 4.79 Å². The number of fused-ring (bicyclic) bond motifs is 2. The van der Waals surface area contributed by atoms with Crippen molar-refractivity contribution in [2.75, 3.05) is 18.5 Å². The van der Waals surface area contributed by atoms with Gasteiger partial charge in [-0.3, -0.25) is 4.79 Å². The first kappa shape index (κ1) is 13.7. The lowest BCUT2D eigenvalue weighted by atomic mass is 10.1. The number of nitrogens with zero attached hydrogens (tertiary/aromatic N) is 1. The molecule has 0 unspecified atom stereocenters. The van der Waals surface area contributed by atoms with Crippen LogP contribution in [0.25, 0.3) is 10.9 Å². The number of amides is 1. The van der Waals surface area contributed by atoms with Gasteiger partial charge in [-0.2, -0.15) is 0 Å². The molecule has 1 aliphatic rings. The smallest absolute Gasteiger partial charge is 0.255 e. The summed E-state index contributed by atoms with van der Waals surface area (Å²) in [5.74, 6) is 1.22. The van der Waals surface area contributed by atoms with Crippen molar-refractivity contribution in [1.82, 2.24) is 4.57 Å². The Labute approximate surface area is 133 Å². The molecule has 5 heteroatoms. The number of anilines is 1. The molecule has 0 spiro atoms. The van der Waals surface area contributed by atoms with Crippen molar-refractivity contribution in [3.05, 3.63) is 54.2 Å². The molecular formula is C18H16N2O3. The van der Waals surface area contributed by atoms with Crippen molar-refractivity contribution in [3.8, 4) is 11.5 Å². The number of nitrogens with one attached hydrogen (secondary N) is 1. The summed E-state index contributed by atoms with van der Waals surface area (Å²) in [7, 11) is 1.96. The molecule has 0 saturated heterocycles. The van der Waals surface area contributed by atoms with Gasteiger partial charge in [-0.15, -0.1) is 0 Å². The van der Waals surface area contributed by atoms with Crippen LogP contribution < -0.4 is 14.8 Å². The number of rotatable bonds is 2. The molecule has 1 amide bonds. The maximum Gasteiger partial charge on any atom is 0.255 e. The molecule has 0 aliphatic carbocycles. The number of hydrogen-bond donors (Lipinski definition) is 1. The number of aromatic nitrogens is 1. The fourth-order valence-electron chi connectivity index (χ4n) is 2.73. The summed E-state index contributed by atoms with van der Waals surface area (Å²) >= 11 is 0. The van der Waals surface area contributed by atoms with Gasteiger partial charge >= 0.3 is 0 Å². The summed E-state index contributed by atoms with van der Waals surface area (Å²) in [5.41, 5.74) is 2.33. The molecule has 0 atom stereocenters. The fraction of sp³-hybridized carbons (Fsp3) is 0.167. The summed E-state index contributed by atoms with van der Waals surface area (Å²) < 4.78 is 13.0. The number of carbonyl (C=O) groups is 1. The molecule has 1 N–H and O–H groups in total. The van der Waals surface area contributed by atoms with Crippen LogP contribution in [-0.4, -0.2) is 23.7 Å². The number of aryl methyl sites for hydroxylation is 1. The molecule has 0 bridgehead atoms. The zero-order valence-electron chi connectivity index (χ0n) is 12.7. The molecule has 5 nitrogen and oxygen atoms in total. The van der Waals surface area contributed by atoms with E-state index in [2.05, 4.69) is 5.32 Å². The van der Waals surface area contributed by atoms with Crippen molar-refractivity contribution in [1.29, 1.82) is 0 Å². The van der Waals surface area contributed by atoms with E-state index in [4.69, 9.17) is 9.47 Å². The second-order valence-corrected chi connectivity index (χ2v) is 5.51. The second kappa shape index (κ2) is 5.35. The Kier molecular flexibility index (Phi) is 3.19. The molecule has 1 aromatic heterocycles. The van der Waals surface area contributed by atoms with Crippen LogP contribution in [0.4, 0.5) is 5.69 Å². The highest BCUT2D eigenvalue weighted by Gasteiger charge is 2.14. The van der Waals surface area contributed by atoms with E-state index in [1.54, 1.807) is 6.07 Å². The summed E-state index contributed by atoms with van der Waals surface area (Å²) in [4.78, 5) is 12.5. The number of carbonyl (C=O) groups excluding carboxylic acids is 1. The van der Waals surface area contributed by atoms with E-state index >= 15 is 0 Å². The lowest BCUT2D eigenvalue weighted by Gasteiger charge is -2.19. The van der Waals surface area contributed by atoms with Gasteiger partial charge in [-0.1, -0.05) is 6.07 Å². The quantitative estimate of drug-likeness (QED) is 0.791. The fourth-order valence-corrected chi connectivity index (χ4v) is 2.73. The van der Waals surface area contributed by atoms with Gasteiger partial charge in [0.25, 0.3) is 5.91 Å². The number of hydrogen-bond acceptors (Lipinski definition) is 3. The molecule has 1 aliphatic heterocycles. The Bertz CT molecular complexity index is 898. The number of benzene rings is 2. The maximum atomic E-state index is 12.5. The second-order valence-electron chi connectivity index (χ2n) is 5.51. The standard InChI is InChI=1S/C18H16N2O3/c1-20-7-6-12-2-3-13(10-15(12)20)18(21)19-14-4-5-16-17(11-14)23-9-8-22-16/h2-7,10-11H,8-9H2,1H3,(H,19,21). The molecule has 3 aromatic rings. The minimum Gasteiger partial charge on any atom is -0.486 e. The summed E-state index contributed by atoms with van der Waals surface area (Å²) in [6.45, 7) is 1.07. The van der Waals surface area contributed by atoms with Crippen LogP contribution in [0.2, 0.25) is 0 Å². The normalized spacial score (nSPS) is 13.1. The van der Waals surface area contributed by atoms with Crippen molar-refractivity contribution < 1.29 is 14.3 Å². The lowest BCUT2D eigenvalue weighted by molar-refractivity contribution is 0.102. The van der Waals surface area contributed by atoms with Crippen LogP contribution >= 0.6 is 0 Å². The zero-order chi connectivity index (χ0) is 15.8. The van der Waals surface area contributed by atoms with Crippen molar-refractivity contribution in [2.45, 2.75) is 0 Å². The van der Waals surface area contributed by atoms with Crippen LogP contribution in [0, 0.1) is 0 Å². The van der Waals surface area contributed by atoms with Crippen molar-refractivity contribution >= 4 is 22.5 Å². The summed E-state index contributed by atoms with van der Waals surface area (Å²) in [5, 5.41) is 4.02. The lowest BCUT2D eigenvalue weighted by Crippen LogP contribution is -2.16. The van der Waals surface area contributed by atoms with Gasteiger partial charge in [0.15, 0.2) is 11.5 Å². The minimum atomic E-state index is -0.148. The molecule has 0 saturated carbocycles. The Hall–Kier alpha value is -2.95. The minimum absolute atomic E-state index is 0.148. The predicted molar refractivity (Wildman–Crippen MR) is 88.3 cm³/mol. The average molecular weight is 308 g/mol. The third-order valence-electron chi connectivity index (χ3n) is 3.95. The Morgan fingerprint density at radius 3 is 2.74 bits per heavy atom. The van der Waals surface area contributed by atoms with Gasteiger partial charge in [-0.25, -0.2) is 0 Å². The van der Waals surface area contributed by atoms with Gasteiger partial charge in [0.2, 0.25) is 0 Å². The van der Waals surface area contributed by atoms with Gasteiger partial charge < -0.3 is 19.4 Å². The average Bonchev–Trinajstić information content (AvgIpc) is 2.95. The molecule has 0 fully saturated rings. The summed E-state index contributed by atoms with van der Waals surface area (Å²) in [6, 6.07) is 13.1. The Morgan fingerprint density at radius 1 is 1.04 bits per heavy atom. The van der Waals surface area contributed by atoms with Crippen LogP contribution in [-0.2, 0) is 7.05 Å². The third kappa shape index (κ3) is 2.50. The first-order chi connectivity index (χ1) is 11.2. The highest BCUT2D eigenvalue weighted by Crippen LogP contribution is 2.32. The van der Waals surface area contributed by atoms with Crippen molar-refractivity contribution in [2.24, 2.45) is 7.05 Å². The SMILES string of the molecule is Cn1ccc2ccc(C(=O)Nc3ccc4c(c3)OCCO4)cc21. The van der Waals surface area contributed by atoms with E-state index in [1.165, 1.54) is 0 Å². The Balaban J connectivity index is 1.60. The maximum absolute atomic E-state index is 12.5. The van der Waals surface area contributed by atoms with E-state index < -0.39 is 0 Å². The Morgan fingerprint density at radius 2 is 1.87 bits per heavy atom. The van der Waals surface area contributed by atoms with Crippen LogP contribution in [0.5, 0.6) is 11.5 Å². The zero-order valence-corrected chi connectivity index (χ0v) is 12.7. The first-order valence-corrected chi connectivity index (χ1v) is 7.47. The van der Waals surface area contributed by atoms with Crippen LogP contribution in [0.3, 0.4) is 0 Å². The van der Waals surface area contributed by atoms with Crippen LogP contribution in [0.1, 0.15) is 10.4 Å². The molecule has 23 heavy (non-hydrogen) atoms. The monoisotopic (exact) mass is 308 g/mol. The van der Waals surface area contributed by atoms with Gasteiger partial charge in [0.1, 0.15) is 13.2 Å². The molecular weight excluding hydrogens is 292 g/mol.